The van der Waals surface area contributed by atoms with Crippen molar-refractivity contribution >= 4 is 5.97 Å². The number of carboxylic acids is 1. The number of unbranched alkanes of at least 4 members (excludes halogenated alkanes) is 1. The molecule has 0 aliphatic rings. The molecule has 0 radical (unpaired) electrons. The van der Waals surface area contributed by atoms with E-state index in [1.165, 1.54) is 6.07 Å². The fourth-order valence-electron chi connectivity index (χ4n) is 3.01. The van der Waals surface area contributed by atoms with Crippen LogP contribution in [0.3, 0.4) is 0 Å². The number of alkyl halides is 3. The van der Waals surface area contributed by atoms with Crippen LogP contribution in [0.5, 0.6) is 5.75 Å². The number of aliphatic hydroxyl groups excluding tert-OH is 1. The molecule has 2 aromatic rings. The monoisotopic (exact) mass is 396 g/mol. The third kappa shape index (κ3) is 5.73. The fourth-order valence-corrected chi connectivity index (χ4v) is 3.01. The van der Waals surface area contributed by atoms with Gasteiger partial charge in [0.05, 0.1) is 11.7 Å². The third-order valence-electron chi connectivity index (χ3n) is 4.43. The number of halogens is 3. The first-order valence-electron chi connectivity index (χ1n) is 9.02. The molecule has 0 heterocycles. The Bertz CT molecular complexity index is 775. The van der Waals surface area contributed by atoms with Crippen molar-refractivity contribution in [1.29, 1.82) is 0 Å². The van der Waals surface area contributed by atoms with E-state index in [4.69, 9.17) is 4.74 Å². The first kappa shape index (κ1) is 21.8. The highest BCUT2D eigenvalue weighted by Gasteiger charge is 2.46. The lowest BCUT2D eigenvalue weighted by atomic mass is 9.86. The Morgan fingerprint density at radius 2 is 1.82 bits per heavy atom. The van der Waals surface area contributed by atoms with E-state index in [1.54, 1.807) is 31.2 Å². The van der Waals surface area contributed by atoms with E-state index in [1.807, 2.05) is 6.07 Å². The summed E-state index contributed by atoms with van der Waals surface area (Å²) < 4.78 is 46.7. The third-order valence-corrected chi connectivity index (χ3v) is 4.43. The standard InChI is InChI=1S/C21H23F3O4/c1-2-3-9-18(25)19(21(22,23)24)17-12-15(10-11-16(17)20(26)27)28-13-14-7-5-4-6-8-14/h4-8,10-12,18-19,25H,2-3,9,13H2,1H3,(H,26,27). The van der Waals surface area contributed by atoms with Crippen molar-refractivity contribution in [3.8, 4) is 5.75 Å². The van der Waals surface area contributed by atoms with Gasteiger partial charge in [0.25, 0.3) is 0 Å². The van der Waals surface area contributed by atoms with Gasteiger partial charge in [0.15, 0.2) is 0 Å². The molecule has 7 heteroatoms. The molecular formula is C21H23F3O4. The molecule has 0 bridgehead atoms. The summed E-state index contributed by atoms with van der Waals surface area (Å²) in [4.78, 5) is 11.5. The molecule has 0 fully saturated rings. The highest BCUT2D eigenvalue weighted by Crippen LogP contribution is 2.41. The Kier molecular flexibility index (Phi) is 7.45. The fraction of sp³-hybridized carbons (Fsp3) is 0.381. The van der Waals surface area contributed by atoms with Crippen molar-refractivity contribution in [3.63, 3.8) is 0 Å². The van der Waals surface area contributed by atoms with Gasteiger partial charge in [-0.2, -0.15) is 13.2 Å². The van der Waals surface area contributed by atoms with E-state index in [0.717, 1.165) is 17.7 Å². The van der Waals surface area contributed by atoms with Crippen LogP contribution in [0.4, 0.5) is 13.2 Å². The van der Waals surface area contributed by atoms with Gasteiger partial charge in [0.2, 0.25) is 0 Å². The van der Waals surface area contributed by atoms with E-state index in [2.05, 4.69) is 0 Å². The molecule has 0 saturated heterocycles. The largest absolute Gasteiger partial charge is 0.489 e. The SMILES string of the molecule is CCCCC(O)C(c1cc(OCc2ccccc2)ccc1C(=O)O)C(F)(F)F. The number of benzene rings is 2. The molecule has 152 valence electrons. The maximum atomic E-state index is 13.7. The van der Waals surface area contributed by atoms with Gasteiger partial charge in [-0.3, -0.25) is 0 Å². The number of ether oxygens (including phenoxy) is 1. The normalized spacial score (nSPS) is 13.8. The van der Waals surface area contributed by atoms with Gasteiger partial charge < -0.3 is 14.9 Å². The second kappa shape index (κ2) is 9.59. The van der Waals surface area contributed by atoms with Crippen molar-refractivity contribution in [3.05, 3.63) is 65.2 Å². The van der Waals surface area contributed by atoms with Crippen LogP contribution in [-0.2, 0) is 6.61 Å². The molecule has 2 rings (SSSR count). The van der Waals surface area contributed by atoms with E-state index >= 15 is 0 Å². The summed E-state index contributed by atoms with van der Waals surface area (Å²) in [5, 5.41) is 19.5. The molecular weight excluding hydrogens is 373 g/mol. The minimum absolute atomic E-state index is 0.0746. The summed E-state index contributed by atoms with van der Waals surface area (Å²) in [6.45, 7) is 1.93. The van der Waals surface area contributed by atoms with Crippen LogP contribution in [0.2, 0.25) is 0 Å². The predicted molar refractivity (Wildman–Crippen MR) is 98.5 cm³/mol. The van der Waals surface area contributed by atoms with E-state index < -0.39 is 35.3 Å². The lowest BCUT2D eigenvalue weighted by Crippen LogP contribution is -2.33. The van der Waals surface area contributed by atoms with Crippen LogP contribution in [-0.4, -0.2) is 28.5 Å². The number of aliphatic hydroxyl groups is 1. The Labute approximate surface area is 161 Å². The number of hydrogen-bond acceptors (Lipinski definition) is 3. The minimum atomic E-state index is -4.80. The van der Waals surface area contributed by atoms with Crippen molar-refractivity contribution < 1.29 is 32.9 Å². The van der Waals surface area contributed by atoms with Gasteiger partial charge in [0.1, 0.15) is 18.3 Å². The predicted octanol–water partition coefficient (Wildman–Crippen LogP) is 5.16. The number of hydrogen-bond donors (Lipinski definition) is 2. The quantitative estimate of drug-likeness (QED) is 0.614. The molecule has 0 aliphatic carbocycles. The van der Waals surface area contributed by atoms with Crippen molar-refractivity contribution in [1.82, 2.24) is 0 Å². The lowest BCUT2D eigenvalue weighted by molar-refractivity contribution is -0.173. The van der Waals surface area contributed by atoms with Crippen LogP contribution in [0.15, 0.2) is 48.5 Å². The summed E-state index contributed by atoms with van der Waals surface area (Å²) >= 11 is 0. The lowest BCUT2D eigenvalue weighted by Gasteiger charge is -2.27. The second-order valence-electron chi connectivity index (χ2n) is 6.56. The molecule has 28 heavy (non-hydrogen) atoms. The molecule has 0 aliphatic heterocycles. The van der Waals surface area contributed by atoms with Gasteiger partial charge >= 0.3 is 12.1 Å². The Morgan fingerprint density at radius 3 is 2.39 bits per heavy atom. The number of rotatable bonds is 9. The summed E-state index contributed by atoms with van der Waals surface area (Å²) in [5.41, 5.74) is -0.166. The molecule has 2 unspecified atom stereocenters. The molecule has 2 aromatic carbocycles. The van der Waals surface area contributed by atoms with Crippen LogP contribution in [0.1, 0.15) is 53.6 Å². The molecule has 4 nitrogen and oxygen atoms in total. The number of carboxylic acid groups (broad SMARTS) is 1. The molecule has 0 saturated carbocycles. The Balaban J connectivity index is 2.38. The van der Waals surface area contributed by atoms with Crippen molar-refractivity contribution in [2.45, 2.75) is 51.0 Å². The molecule has 2 atom stereocenters. The first-order valence-corrected chi connectivity index (χ1v) is 9.02. The average molecular weight is 396 g/mol. The summed E-state index contributed by atoms with van der Waals surface area (Å²) in [5.74, 6) is -3.67. The molecule has 0 aromatic heterocycles. The molecule has 0 spiro atoms. The van der Waals surface area contributed by atoms with E-state index in [-0.39, 0.29) is 18.8 Å². The van der Waals surface area contributed by atoms with E-state index in [0.29, 0.717) is 12.8 Å². The van der Waals surface area contributed by atoms with Gasteiger partial charge in [-0.15, -0.1) is 0 Å². The maximum Gasteiger partial charge on any atom is 0.398 e. The highest BCUT2D eigenvalue weighted by atomic mass is 19.4. The van der Waals surface area contributed by atoms with Gasteiger partial charge in [-0.1, -0.05) is 50.1 Å². The highest BCUT2D eigenvalue weighted by molar-refractivity contribution is 5.90. The van der Waals surface area contributed by atoms with Crippen LogP contribution < -0.4 is 4.74 Å². The maximum absolute atomic E-state index is 13.7. The van der Waals surface area contributed by atoms with Gasteiger partial charge in [0, 0.05) is 0 Å². The Morgan fingerprint density at radius 1 is 1.14 bits per heavy atom. The Hall–Kier alpha value is -2.54. The van der Waals surface area contributed by atoms with E-state index in [9.17, 15) is 28.2 Å². The summed E-state index contributed by atoms with van der Waals surface area (Å²) in [7, 11) is 0. The number of aromatic carboxylic acids is 1. The second-order valence-corrected chi connectivity index (χ2v) is 6.56. The van der Waals surface area contributed by atoms with Crippen molar-refractivity contribution in [2.75, 3.05) is 0 Å². The van der Waals surface area contributed by atoms with Crippen LogP contribution >= 0.6 is 0 Å². The van der Waals surface area contributed by atoms with Gasteiger partial charge in [-0.05, 0) is 35.7 Å². The zero-order valence-electron chi connectivity index (χ0n) is 15.4. The first-order chi connectivity index (χ1) is 13.2. The molecule has 0 amide bonds. The van der Waals surface area contributed by atoms with Crippen molar-refractivity contribution in [2.24, 2.45) is 0 Å². The molecule has 2 N–H and O–H groups in total. The summed E-state index contributed by atoms with van der Waals surface area (Å²) in [6, 6.07) is 12.5. The number of carbonyl (C=O) groups is 1. The van der Waals surface area contributed by atoms with Gasteiger partial charge in [-0.25, -0.2) is 4.79 Å². The minimum Gasteiger partial charge on any atom is -0.489 e. The topological polar surface area (TPSA) is 66.8 Å². The zero-order valence-corrected chi connectivity index (χ0v) is 15.4. The smallest absolute Gasteiger partial charge is 0.398 e. The van der Waals surface area contributed by atoms with Crippen LogP contribution in [0.25, 0.3) is 0 Å². The average Bonchev–Trinajstić information content (AvgIpc) is 2.64. The summed E-state index contributed by atoms with van der Waals surface area (Å²) in [6.07, 6.45) is -5.58. The van der Waals surface area contributed by atoms with Crippen LogP contribution in [0, 0.1) is 0 Å². The zero-order chi connectivity index (χ0) is 20.7.